The van der Waals surface area contributed by atoms with Crippen molar-refractivity contribution in [2.45, 2.75) is 0 Å². The molecular weight excluding hydrogens is 109 g/mol. The fraction of sp³-hybridized carbons (Fsp3) is 1.00. The van der Waals surface area contributed by atoms with Gasteiger partial charge in [-0.3, -0.25) is 9.72 Å². The third kappa shape index (κ3) is 8.92. The van der Waals surface area contributed by atoms with Crippen LogP contribution in [0, 0.1) is 0 Å². The van der Waals surface area contributed by atoms with E-state index in [9.17, 15) is 0 Å². The van der Waals surface area contributed by atoms with Crippen LogP contribution in [-0.4, -0.2) is 12.5 Å². The molecule has 0 bridgehead atoms. The molecule has 0 saturated heterocycles. The van der Waals surface area contributed by atoms with Gasteiger partial charge in [0.05, 0.1) is 0 Å². The van der Waals surface area contributed by atoms with Crippen molar-refractivity contribution in [2.24, 2.45) is 0 Å². The molecule has 0 aliphatic rings. The van der Waals surface area contributed by atoms with Crippen LogP contribution in [0.3, 0.4) is 0 Å². The van der Waals surface area contributed by atoms with Crippen molar-refractivity contribution in [3.8, 4) is 0 Å². The molecule has 0 aromatic rings. The molecule has 0 fully saturated rings. The summed E-state index contributed by atoms with van der Waals surface area (Å²) >= 11 is 0. The first-order valence-electron chi connectivity index (χ1n) is 2.34. The zero-order chi connectivity index (χ0) is 5.70. The van der Waals surface area contributed by atoms with Gasteiger partial charge >= 0.3 is 18.9 Å². The summed E-state index contributed by atoms with van der Waals surface area (Å²) in [5.41, 5.74) is 0. The third-order valence-corrected chi connectivity index (χ3v) is 1.22. The monoisotopic (exact) mass is 119 g/mol. The number of hydrogen-bond acceptors (Lipinski definition) is 1. The van der Waals surface area contributed by atoms with Crippen LogP contribution in [-0.2, 0) is 9.72 Å². The Morgan fingerprint density at radius 3 is 2.83 bits per heavy atom. The van der Waals surface area contributed by atoms with Crippen molar-refractivity contribution >= 4 is 20.5 Å². The molecule has 0 radical (unpaired) electrons. The predicted molar refractivity (Wildman–Crippen MR) is 30.2 cm³/mol. The summed E-state index contributed by atoms with van der Waals surface area (Å²) in [6, 6.07) is 0. The van der Waals surface area contributed by atoms with E-state index in [2.05, 4.69) is 0 Å². The van der Waals surface area contributed by atoms with Crippen molar-refractivity contribution in [2.75, 3.05) is 12.5 Å². The van der Waals surface area contributed by atoms with E-state index in [1.807, 2.05) is 0 Å². The first kappa shape index (κ1) is 5.24. The molecule has 4 heteroatoms. The van der Waals surface area contributed by atoms with Crippen LogP contribution in [0.4, 0.5) is 0 Å². The van der Waals surface area contributed by atoms with E-state index in [-0.39, 0.29) is 31.3 Å². The van der Waals surface area contributed by atoms with E-state index in [4.69, 9.17) is 7.52 Å². The Kier molecular flexibility index (Phi) is 5.32. The van der Waals surface area contributed by atoms with E-state index < -0.39 is 9.72 Å². The Hall–Kier alpha value is 1.10. The molecule has 0 spiro atoms. The minimum Gasteiger partial charge on any atom is -0.771 e. The van der Waals surface area contributed by atoms with Crippen LogP contribution in [0.25, 0.3) is 4.78 Å². The van der Waals surface area contributed by atoms with Crippen molar-refractivity contribution in [3.05, 3.63) is 4.78 Å². The van der Waals surface area contributed by atoms with Crippen LogP contribution >= 0.6 is 10.8 Å². The Morgan fingerprint density at radius 2 is 2.67 bits per heavy atom. The van der Waals surface area contributed by atoms with Gasteiger partial charge in [0.2, 0.25) is 0 Å². The molecule has 1 nitrogen and oxygen atoms in total. The maximum atomic E-state index is 8.54. The summed E-state index contributed by atoms with van der Waals surface area (Å²) in [4.78, 5) is 0. The molecule has 0 aliphatic heterocycles. The largest absolute Gasteiger partial charge is 1.00 e. The Morgan fingerprint density at radius 1 is 2.00 bits per heavy atom. The quantitative estimate of drug-likeness (QED) is 0.297. The fourth-order valence-corrected chi connectivity index (χ4v) is 0. The molecule has 0 aromatic carbocycles. The molecule has 0 saturated carbocycles. The number of hydrogen-bond donors (Lipinski definition) is 0. The number of nitrogens with zero attached hydrogens (tertiary/aromatic N) is 1. The normalized spacial score (nSPS) is 16.7. The van der Waals surface area contributed by atoms with Crippen LogP contribution in [0.15, 0.2) is 0 Å². The SMILES string of the molecule is [3H]CSS(=[N-])C[3H].[Li+]. The molecule has 0 aromatic heterocycles. The van der Waals surface area contributed by atoms with E-state index >= 15 is 0 Å². The second kappa shape index (κ2) is 6.10. The van der Waals surface area contributed by atoms with Crippen molar-refractivity contribution < 1.29 is 21.6 Å². The summed E-state index contributed by atoms with van der Waals surface area (Å²) in [5.74, 6) is 0. The summed E-state index contributed by atoms with van der Waals surface area (Å²) in [5, 5.41) is 0. The molecule has 0 aliphatic carbocycles. The molecule has 32 valence electrons. The average Bonchev–Trinajstić information content (AvgIpc) is 1.68. The summed E-state index contributed by atoms with van der Waals surface area (Å²) < 4.78 is 21.7. The van der Waals surface area contributed by atoms with Crippen molar-refractivity contribution in [1.82, 2.24) is 0 Å². The molecule has 0 rings (SSSR count). The van der Waals surface area contributed by atoms with Crippen LogP contribution in [0.2, 0.25) is 0 Å². The van der Waals surface area contributed by atoms with Crippen molar-refractivity contribution in [3.63, 3.8) is 0 Å². The molecule has 6 heavy (non-hydrogen) atoms. The summed E-state index contributed by atoms with van der Waals surface area (Å²) in [7, 11) is 0.213. The van der Waals surface area contributed by atoms with Gasteiger partial charge < -0.3 is 4.78 Å². The van der Waals surface area contributed by atoms with Gasteiger partial charge in [0, 0.05) is 2.74 Å². The first-order chi connectivity index (χ1) is 3.31. The van der Waals surface area contributed by atoms with Gasteiger partial charge in [0.25, 0.3) is 0 Å². The number of rotatable bonds is 1. The zero-order valence-electron chi connectivity index (χ0n) is 5.68. The topological polar surface area (TPSA) is 22.3 Å². The van der Waals surface area contributed by atoms with E-state index in [1.54, 1.807) is 0 Å². The second-order valence-electron chi connectivity index (χ2n) is 0.439. The maximum Gasteiger partial charge on any atom is 1.00 e. The van der Waals surface area contributed by atoms with E-state index in [1.165, 1.54) is 0 Å². The van der Waals surface area contributed by atoms with Crippen LogP contribution in [0.1, 0.15) is 2.74 Å². The van der Waals surface area contributed by atoms with Crippen LogP contribution < -0.4 is 18.9 Å². The first-order valence-corrected chi connectivity index (χ1v) is 3.78. The van der Waals surface area contributed by atoms with Crippen molar-refractivity contribution in [1.29, 1.82) is 0 Å². The molecule has 0 amide bonds. The van der Waals surface area contributed by atoms with Gasteiger partial charge in [0.15, 0.2) is 0 Å². The Balaban J connectivity index is 0. The fourth-order valence-electron chi connectivity index (χ4n) is 0. The van der Waals surface area contributed by atoms with E-state index in [0.29, 0.717) is 0 Å². The van der Waals surface area contributed by atoms with Gasteiger partial charge in [0.1, 0.15) is 0 Å². The zero-order valence-corrected chi connectivity index (χ0v) is 5.31. The Bertz CT molecular complexity index is 71.1. The molecule has 0 N–H and O–H groups in total. The molecule has 1 atom stereocenters. The maximum absolute atomic E-state index is 8.54. The van der Waals surface area contributed by atoms with Gasteiger partial charge in [-0.15, -0.1) is 10.8 Å². The second-order valence-corrected chi connectivity index (χ2v) is 3.18. The average molecular weight is 119 g/mol. The van der Waals surface area contributed by atoms with Gasteiger partial charge in [-0.25, -0.2) is 0 Å². The molecular formula is C2H6LiNS2. The van der Waals surface area contributed by atoms with Gasteiger partial charge in [-0.05, 0) is 12.5 Å². The Labute approximate surface area is 59.6 Å². The van der Waals surface area contributed by atoms with Gasteiger partial charge in [-0.2, -0.15) is 0 Å². The summed E-state index contributed by atoms with van der Waals surface area (Å²) in [6.45, 7) is 0. The standard InChI is InChI=1S/C2H6NS2.Li/c1-4-5(2)3;/h1-2H3;/q-1;+1/i1T,2T;. The van der Waals surface area contributed by atoms with Crippen LogP contribution in [0.5, 0.6) is 0 Å². The predicted octanol–water partition coefficient (Wildman–Crippen LogP) is -1.73. The third-order valence-electron chi connectivity index (χ3n) is 0.136. The minimum absolute atomic E-state index is 0. The van der Waals surface area contributed by atoms with Gasteiger partial charge in [-0.1, -0.05) is 0 Å². The molecule has 0 heterocycles. The minimum atomic E-state index is -0.881. The van der Waals surface area contributed by atoms with E-state index in [0.717, 1.165) is 10.8 Å². The summed E-state index contributed by atoms with van der Waals surface area (Å²) in [6.07, 6.45) is 0.169. The smallest absolute Gasteiger partial charge is 0.771 e. The molecule has 1 unspecified atom stereocenters.